The van der Waals surface area contributed by atoms with Gasteiger partial charge in [-0.2, -0.15) is 0 Å². The summed E-state index contributed by atoms with van der Waals surface area (Å²) in [5.41, 5.74) is 8.44. The van der Waals surface area contributed by atoms with Crippen LogP contribution in [0, 0.1) is 6.92 Å². The van der Waals surface area contributed by atoms with E-state index < -0.39 is 0 Å². The first-order chi connectivity index (χ1) is 10.1. The van der Waals surface area contributed by atoms with Crippen molar-refractivity contribution in [3.63, 3.8) is 0 Å². The molecule has 3 N–H and O–H groups in total. The molecule has 0 radical (unpaired) electrons. The minimum absolute atomic E-state index is 0.201. The molecule has 0 unspecified atom stereocenters. The van der Waals surface area contributed by atoms with Crippen LogP contribution < -0.4 is 15.8 Å². The Hall–Kier alpha value is -2.49. The summed E-state index contributed by atoms with van der Waals surface area (Å²) in [6, 6.07) is 12.7. The topological polar surface area (TPSA) is 64.3 Å². The number of nitrogens with one attached hydrogen (secondary N) is 1. The summed E-state index contributed by atoms with van der Waals surface area (Å²) in [5, 5.41) is 2.85. The second-order valence-corrected chi connectivity index (χ2v) is 4.87. The maximum atomic E-state index is 12.3. The fourth-order valence-electron chi connectivity index (χ4n) is 2.05. The van der Waals surface area contributed by atoms with Crippen molar-refractivity contribution < 1.29 is 9.53 Å². The van der Waals surface area contributed by atoms with Crippen molar-refractivity contribution in [2.24, 2.45) is 0 Å². The zero-order chi connectivity index (χ0) is 15.2. The number of ether oxygens (including phenoxy) is 1. The van der Waals surface area contributed by atoms with E-state index in [1.807, 2.05) is 43.3 Å². The number of hydrogen-bond donors (Lipinski definition) is 2. The Morgan fingerprint density at radius 3 is 2.52 bits per heavy atom. The predicted octanol–water partition coefficient (Wildman–Crippen LogP) is 3.62. The molecule has 0 aliphatic carbocycles. The first kappa shape index (κ1) is 14.9. The summed E-state index contributed by atoms with van der Waals surface area (Å²) in [6.07, 6.45) is 0.963. The van der Waals surface area contributed by atoms with Gasteiger partial charge in [-0.3, -0.25) is 4.79 Å². The van der Waals surface area contributed by atoms with Gasteiger partial charge < -0.3 is 15.8 Å². The van der Waals surface area contributed by atoms with Crippen LogP contribution in [0.25, 0.3) is 0 Å². The van der Waals surface area contributed by atoms with E-state index >= 15 is 0 Å². The Labute approximate surface area is 124 Å². The lowest BCUT2D eigenvalue weighted by Gasteiger charge is -2.11. The van der Waals surface area contributed by atoms with E-state index in [1.165, 1.54) is 0 Å². The molecular weight excluding hydrogens is 264 g/mol. The summed E-state index contributed by atoms with van der Waals surface area (Å²) in [7, 11) is 0. The van der Waals surface area contributed by atoms with Crippen molar-refractivity contribution >= 4 is 17.3 Å². The van der Waals surface area contributed by atoms with Gasteiger partial charge in [-0.25, -0.2) is 0 Å². The standard InChI is InChI=1S/C17H20N2O2/c1-3-11-21-14-9-7-13(8-10-14)19-17(20)16-12(2)5-4-6-15(16)18/h4-10H,3,11,18H2,1-2H3,(H,19,20). The molecule has 4 heteroatoms. The van der Waals surface area contributed by atoms with Gasteiger partial charge >= 0.3 is 0 Å². The fraction of sp³-hybridized carbons (Fsp3) is 0.235. The first-order valence-corrected chi connectivity index (χ1v) is 7.01. The highest BCUT2D eigenvalue weighted by Crippen LogP contribution is 2.20. The molecule has 0 fully saturated rings. The minimum atomic E-state index is -0.201. The van der Waals surface area contributed by atoms with Crippen LogP contribution in [0.15, 0.2) is 42.5 Å². The van der Waals surface area contributed by atoms with E-state index in [1.54, 1.807) is 6.07 Å². The number of anilines is 2. The highest BCUT2D eigenvalue weighted by atomic mass is 16.5. The first-order valence-electron chi connectivity index (χ1n) is 7.01. The van der Waals surface area contributed by atoms with E-state index in [9.17, 15) is 4.79 Å². The maximum absolute atomic E-state index is 12.3. The van der Waals surface area contributed by atoms with Crippen LogP contribution in [0.1, 0.15) is 29.3 Å². The molecule has 0 saturated carbocycles. The smallest absolute Gasteiger partial charge is 0.258 e. The Morgan fingerprint density at radius 1 is 1.19 bits per heavy atom. The average Bonchev–Trinajstić information content (AvgIpc) is 2.46. The molecule has 21 heavy (non-hydrogen) atoms. The van der Waals surface area contributed by atoms with E-state index in [0.29, 0.717) is 23.5 Å². The number of nitrogen functional groups attached to an aromatic ring is 1. The van der Waals surface area contributed by atoms with E-state index in [4.69, 9.17) is 10.5 Å². The quantitative estimate of drug-likeness (QED) is 0.824. The van der Waals surface area contributed by atoms with Crippen LogP contribution >= 0.6 is 0 Å². The molecule has 110 valence electrons. The molecule has 0 aliphatic rings. The molecular formula is C17H20N2O2. The van der Waals surface area contributed by atoms with Gasteiger partial charge in [0.2, 0.25) is 0 Å². The summed E-state index contributed by atoms with van der Waals surface area (Å²) < 4.78 is 5.51. The summed E-state index contributed by atoms with van der Waals surface area (Å²) in [4.78, 5) is 12.3. The normalized spacial score (nSPS) is 10.2. The molecule has 2 aromatic rings. The molecule has 2 rings (SSSR count). The molecule has 0 atom stereocenters. The van der Waals surface area contributed by atoms with Gasteiger partial charge in [0.1, 0.15) is 5.75 Å². The van der Waals surface area contributed by atoms with Crippen molar-refractivity contribution in [3.8, 4) is 5.75 Å². The van der Waals surface area contributed by atoms with Gasteiger partial charge in [-0.05, 0) is 49.2 Å². The molecule has 2 aromatic carbocycles. The molecule has 1 amide bonds. The second-order valence-electron chi connectivity index (χ2n) is 4.87. The van der Waals surface area contributed by atoms with E-state index in [2.05, 4.69) is 12.2 Å². The van der Waals surface area contributed by atoms with Crippen molar-refractivity contribution in [2.45, 2.75) is 20.3 Å². The lowest BCUT2D eigenvalue weighted by Crippen LogP contribution is -2.15. The number of benzene rings is 2. The number of hydrogen-bond acceptors (Lipinski definition) is 3. The lowest BCUT2D eigenvalue weighted by atomic mass is 10.1. The van der Waals surface area contributed by atoms with Crippen molar-refractivity contribution in [2.75, 3.05) is 17.7 Å². The number of nitrogens with two attached hydrogens (primary N) is 1. The molecule has 0 heterocycles. The van der Waals surface area contributed by atoms with Gasteiger partial charge in [0, 0.05) is 11.4 Å². The third-order valence-electron chi connectivity index (χ3n) is 3.12. The molecule has 0 spiro atoms. The number of amides is 1. The van der Waals surface area contributed by atoms with Crippen LogP contribution in [0.2, 0.25) is 0 Å². The summed E-state index contributed by atoms with van der Waals surface area (Å²) in [5.74, 6) is 0.595. The van der Waals surface area contributed by atoms with Crippen LogP contribution in [0.3, 0.4) is 0 Å². The maximum Gasteiger partial charge on any atom is 0.258 e. The molecule has 0 aromatic heterocycles. The van der Waals surface area contributed by atoms with Gasteiger partial charge in [0.25, 0.3) is 5.91 Å². The van der Waals surface area contributed by atoms with Gasteiger partial charge in [0.15, 0.2) is 0 Å². The van der Waals surface area contributed by atoms with Crippen molar-refractivity contribution in [3.05, 3.63) is 53.6 Å². The van der Waals surface area contributed by atoms with Gasteiger partial charge in [-0.1, -0.05) is 19.1 Å². The average molecular weight is 284 g/mol. The van der Waals surface area contributed by atoms with E-state index in [-0.39, 0.29) is 5.91 Å². The second kappa shape index (κ2) is 6.79. The number of carbonyl (C=O) groups excluding carboxylic acids is 1. The zero-order valence-corrected chi connectivity index (χ0v) is 12.3. The lowest BCUT2D eigenvalue weighted by molar-refractivity contribution is 0.102. The largest absolute Gasteiger partial charge is 0.494 e. The molecule has 0 bridgehead atoms. The monoisotopic (exact) mass is 284 g/mol. The fourth-order valence-corrected chi connectivity index (χ4v) is 2.05. The molecule has 0 saturated heterocycles. The molecule has 0 aliphatic heterocycles. The van der Waals surface area contributed by atoms with Crippen molar-refractivity contribution in [1.82, 2.24) is 0 Å². The minimum Gasteiger partial charge on any atom is -0.494 e. The SMILES string of the molecule is CCCOc1ccc(NC(=O)c2c(C)cccc2N)cc1. The van der Waals surface area contributed by atoms with Crippen LogP contribution in [0.4, 0.5) is 11.4 Å². The zero-order valence-electron chi connectivity index (χ0n) is 12.3. The Balaban J connectivity index is 2.09. The summed E-state index contributed by atoms with van der Waals surface area (Å²) >= 11 is 0. The number of rotatable bonds is 5. The van der Waals surface area contributed by atoms with E-state index in [0.717, 1.165) is 17.7 Å². The molecule has 4 nitrogen and oxygen atoms in total. The highest BCUT2D eigenvalue weighted by molar-refractivity contribution is 6.08. The van der Waals surface area contributed by atoms with Crippen LogP contribution in [-0.4, -0.2) is 12.5 Å². The van der Waals surface area contributed by atoms with Gasteiger partial charge in [-0.15, -0.1) is 0 Å². The summed E-state index contributed by atoms with van der Waals surface area (Å²) in [6.45, 7) is 4.61. The third-order valence-corrected chi connectivity index (χ3v) is 3.12. The van der Waals surface area contributed by atoms with Crippen LogP contribution in [0.5, 0.6) is 5.75 Å². The van der Waals surface area contributed by atoms with Gasteiger partial charge in [0.05, 0.1) is 12.2 Å². The Bertz CT molecular complexity index is 601. The number of carbonyl (C=O) groups is 1. The highest BCUT2D eigenvalue weighted by Gasteiger charge is 2.12. The third kappa shape index (κ3) is 3.75. The predicted molar refractivity (Wildman–Crippen MR) is 85.8 cm³/mol. The Kier molecular flexibility index (Phi) is 4.82. The Morgan fingerprint density at radius 2 is 1.90 bits per heavy atom. The van der Waals surface area contributed by atoms with Crippen molar-refractivity contribution in [1.29, 1.82) is 0 Å². The van der Waals surface area contributed by atoms with Crippen LogP contribution in [-0.2, 0) is 0 Å². The number of aryl methyl sites for hydroxylation is 1.